The van der Waals surface area contributed by atoms with Gasteiger partial charge in [0, 0.05) is 11.5 Å². The van der Waals surface area contributed by atoms with Crippen molar-refractivity contribution in [3.8, 4) is 0 Å². The van der Waals surface area contributed by atoms with E-state index in [2.05, 4.69) is 0 Å². The Labute approximate surface area is 125 Å². The third-order valence-corrected chi connectivity index (χ3v) is 4.24. The van der Waals surface area contributed by atoms with Gasteiger partial charge in [-0.15, -0.1) is 0 Å². The molecule has 1 aromatic heterocycles. The van der Waals surface area contributed by atoms with Crippen molar-refractivity contribution in [1.82, 2.24) is 4.98 Å². The Balaban J connectivity index is 2.16. The van der Waals surface area contributed by atoms with Crippen molar-refractivity contribution >= 4 is 5.97 Å². The molecule has 114 valence electrons. The molecule has 1 aliphatic heterocycles. The lowest BCUT2D eigenvalue weighted by Gasteiger charge is -2.24. The summed E-state index contributed by atoms with van der Waals surface area (Å²) in [4.78, 5) is 17.1. The van der Waals surface area contributed by atoms with Crippen LogP contribution in [-0.2, 0) is 20.7 Å². The van der Waals surface area contributed by atoms with Crippen molar-refractivity contribution in [3.05, 3.63) is 28.6 Å². The van der Waals surface area contributed by atoms with E-state index in [9.17, 15) is 4.79 Å². The molecule has 1 aliphatic carbocycles. The van der Waals surface area contributed by atoms with Crippen molar-refractivity contribution < 1.29 is 14.3 Å². The van der Waals surface area contributed by atoms with Crippen LogP contribution in [0.3, 0.4) is 0 Å². The molecule has 0 radical (unpaired) electrons. The van der Waals surface area contributed by atoms with Crippen LogP contribution in [0.5, 0.6) is 0 Å². The van der Waals surface area contributed by atoms with E-state index < -0.39 is 11.2 Å². The molecule has 2 heterocycles. The monoisotopic (exact) mass is 289 g/mol. The van der Waals surface area contributed by atoms with Gasteiger partial charge < -0.3 is 9.47 Å². The van der Waals surface area contributed by atoms with Gasteiger partial charge in [0.25, 0.3) is 0 Å². The van der Waals surface area contributed by atoms with Gasteiger partial charge in [-0.2, -0.15) is 0 Å². The van der Waals surface area contributed by atoms with E-state index in [1.54, 1.807) is 0 Å². The largest absolute Gasteiger partial charge is 0.462 e. The molecule has 0 spiro atoms. The van der Waals surface area contributed by atoms with Gasteiger partial charge in [0.2, 0.25) is 0 Å². The highest BCUT2D eigenvalue weighted by Crippen LogP contribution is 2.49. The van der Waals surface area contributed by atoms with Gasteiger partial charge in [-0.3, -0.25) is 4.98 Å². The minimum absolute atomic E-state index is 0.268. The summed E-state index contributed by atoms with van der Waals surface area (Å²) < 4.78 is 11.3. The zero-order valence-electron chi connectivity index (χ0n) is 13.4. The number of hydrogen-bond donors (Lipinski definition) is 0. The topological polar surface area (TPSA) is 48.4 Å². The summed E-state index contributed by atoms with van der Waals surface area (Å²) in [5, 5.41) is 0. The molecule has 0 unspecified atom stereocenters. The summed E-state index contributed by atoms with van der Waals surface area (Å²) in [6.45, 7) is 10.3. The Hall–Kier alpha value is -1.42. The minimum Gasteiger partial charge on any atom is -0.462 e. The maximum absolute atomic E-state index is 12.3. The highest BCUT2D eigenvalue weighted by atomic mass is 16.5. The normalized spacial score (nSPS) is 22.0. The highest BCUT2D eigenvalue weighted by molar-refractivity contribution is 5.91. The first-order chi connectivity index (χ1) is 9.76. The van der Waals surface area contributed by atoms with Crippen molar-refractivity contribution in [1.29, 1.82) is 0 Å². The Morgan fingerprint density at radius 3 is 2.57 bits per heavy atom. The fourth-order valence-corrected chi connectivity index (χ4v) is 3.23. The van der Waals surface area contributed by atoms with E-state index in [1.807, 2.05) is 40.7 Å². The molecule has 4 nitrogen and oxygen atoms in total. The van der Waals surface area contributed by atoms with Crippen LogP contribution in [-0.4, -0.2) is 17.6 Å². The number of pyridine rings is 1. The highest BCUT2D eigenvalue weighted by Gasteiger charge is 2.46. The first-order valence-electron chi connectivity index (χ1n) is 7.69. The quantitative estimate of drug-likeness (QED) is 0.797. The number of esters is 1. The van der Waals surface area contributed by atoms with Crippen LogP contribution in [0.2, 0.25) is 0 Å². The Morgan fingerprint density at radius 2 is 2.00 bits per heavy atom. The van der Waals surface area contributed by atoms with Crippen molar-refractivity contribution in [2.24, 2.45) is 0 Å². The third-order valence-electron chi connectivity index (χ3n) is 4.24. The first-order valence-corrected chi connectivity index (χ1v) is 7.69. The predicted octanol–water partition coefficient (Wildman–Crippen LogP) is 3.64. The number of ether oxygens (including phenoxy) is 2. The molecule has 0 bridgehead atoms. The number of carbonyl (C=O) groups is 1. The fraction of sp³-hybridized carbons (Fsp3) is 0.647. The summed E-state index contributed by atoms with van der Waals surface area (Å²) >= 11 is 0. The third kappa shape index (κ3) is 2.35. The average Bonchev–Trinajstić information content (AvgIpc) is 3.17. The van der Waals surface area contributed by atoms with E-state index >= 15 is 0 Å². The van der Waals surface area contributed by atoms with Gasteiger partial charge in [-0.1, -0.05) is 0 Å². The van der Waals surface area contributed by atoms with Crippen LogP contribution in [0.4, 0.5) is 0 Å². The summed E-state index contributed by atoms with van der Waals surface area (Å²) in [6.07, 6.45) is 2.20. The van der Waals surface area contributed by atoms with Crippen molar-refractivity contribution in [3.63, 3.8) is 0 Å². The summed E-state index contributed by atoms with van der Waals surface area (Å²) in [7, 11) is 0. The molecule has 21 heavy (non-hydrogen) atoms. The van der Waals surface area contributed by atoms with Gasteiger partial charge in [0.1, 0.15) is 5.60 Å². The maximum atomic E-state index is 12.3. The van der Waals surface area contributed by atoms with Gasteiger partial charge >= 0.3 is 5.97 Å². The van der Waals surface area contributed by atoms with E-state index in [0.29, 0.717) is 18.1 Å². The molecule has 4 heteroatoms. The Morgan fingerprint density at radius 1 is 1.33 bits per heavy atom. The first kappa shape index (κ1) is 14.5. The standard InChI is InChI=1S/C17H23NO3/c1-6-20-15(19)11-9-12-14(18-13(11)10-7-8-10)17(4,5)21-16(12,2)3/h9-10H,6-8H2,1-5H3. The second-order valence-corrected chi connectivity index (χ2v) is 6.93. The number of carbonyl (C=O) groups excluding carboxylic acids is 1. The molecular formula is C17H23NO3. The summed E-state index contributed by atoms with van der Waals surface area (Å²) in [5.74, 6) is 0.129. The van der Waals surface area contributed by atoms with Gasteiger partial charge in [-0.25, -0.2) is 4.79 Å². The van der Waals surface area contributed by atoms with Gasteiger partial charge in [-0.05, 0) is 53.5 Å². The number of aromatic nitrogens is 1. The second-order valence-electron chi connectivity index (χ2n) is 6.93. The second kappa shape index (κ2) is 4.54. The molecule has 1 aromatic rings. The van der Waals surface area contributed by atoms with E-state index in [0.717, 1.165) is 29.8 Å². The number of nitrogens with zero attached hydrogens (tertiary/aromatic N) is 1. The lowest BCUT2D eigenvalue weighted by molar-refractivity contribution is -0.106. The molecule has 0 amide bonds. The van der Waals surface area contributed by atoms with E-state index in [4.69, 9.17) is 14.5 Å². The van der Waals surface area contributed by atoms with Crippen LogP contribution in [0.25, 0.3) is 0 Å². The zero-order valence-corrected chi connectivity index (χ0v) is 13.4. The fourth-order valence-electron chi connectivity index (χ4n) is 3.23. The van der Waals surface area contributed by atoms with Crippen LogP contribution in [0.1, 0.15) is 80.7 Å². The molecule has 1 saturated carbocycles. The Kier molecular flexibility index (Phi) is 3.14. The van der Waals surface area contributed by atoms with Crippen LogP contribution in [0.15, 0.2) is 6.07 Å². The lowest BCUT2D eigenvalue weighted by atomic mass is 9.92. The smallest absolute Gasteiger partial charge is 0.340 e. The molecule has 1 fully saturated rings. The number of rotatable bonds is 3. The maximum Gasteiger partial charge on any atom is 0.340 e. The lowest BCUT2D eigenvalue weighted by Crippen LogP contribution is -2.22. The molecule has 0 aromatic carbocycles. The predicted molar refractivity (Wildman–Crippen MR) is 79.3 cm³/mol. The molecule has 3 rings (SSSR count). The van der Waals surface area contributed by atoms with Crippen molar-refractivity contribution in [2.75, 3.05) is 6.61 Å². The minimum atomic E-state index is -0.435. The van der Waals surface area contributed by atoms with Crippen LogP contribution >= 0.6 is 0 Å². The molecule has 0 saturated heterocycles. The van der Waals surface area contributed by atoms with Gasteiger partial charge in [0.15, 0.2) is 0 Å². The summed E-state index contributed by atoms with van der Waals surface area (Å²) in [5.41, 5.74) is 2.61. The van der Waals surface area contributed by atoms with E-state index in [1.165, 1.54) is 0 Å². The number of fused-ring (bicyclic) bond motifs is 1. The Bertz CT molecular complexity index is 600. The van der Waals surface area contributed by atoms with Gasteiger partial charge in [0.05, 0.1) is 29.2 Å². The average molecular weight is 289 g/mol. The molecule has 0 N–H and O–H groups in total. The zero-order chi connectivity index (χ0) is 15.4. The number of hydrogen-bond acceptors (Lipinski definition) is 4. The van der Waals surface area contributed by atoms with Crippen LogP contribution in [0, 0.1) is 0 Å². The van der Waals surface area contributed by atoms with Crippen LogP contribution < -0.4 is 0 Å². The molecular weight excluding hydrogens is 266 g/mol. The SMILES string of the molecule is CCOC(=O)c1cc2c(nc1C1CC1)C(C)(C)OC2(C)C. The molecule has 2 aliphatic rings. The van der Waals surface area contributed by atoms with Crippen molar-refractivity contribution in [2.45, 2.75) is 64.6 Å². The molecule has 0 atom stereocenters. The van der Waals surface area contributed by atoms with E-state index in [-0.39, 0.29) is 5.97 Å². The summed E-state index contributed by atoms with van der Waals surface area (Å²) in [6, 6.07) is 1.95.